The Morgan fingerprint density at radius 1 is 1.44 bits per heavy atom. The fraction of sp³-hybridized carbons (Fsp3) is 0.500. The van der Waals surface area contributed by atoms with E-state index in [1.54, 1.807) is 19.2 Å². The van der Waals surface area contributed by atoms with Gasteiger partial charge in [-0.15, -0.1) is 0 Å². The fourth-order valence-corrected chi connectivity index (χ4v) is 2.42. The summed E-state index contributed by atoms with van der Waals surface area (Å²) in [5.74, 6) is 1.06. The lowest BCUT2D eigenvalue weighted by Gasteiger charge is -2.15. The lowest BCUT2D eigenvalue weighted by Crippen LogP contribution is -2.29. The molecule has 0 aliphatic carbocycles. The number of methoxy groups -OCH3 is 1. The number of rotatable bonds is 7. The lowest BCUT2D eigenvalue weighted by atomic mass is 10.0. The molecule has 0 fully saturated rings. The number of nitrogens with one attached hydrogen (secondary N) is 1. The van der Waals surface area contributed by atoms with Crippen LogP contribution in [0.25, 0.3) is 0 Å². The van der Waals surface area contributed by atoms with Crippen LogP contribution in [0.1, 0.15) is 30.1 Å². The second kappa shape index (κ2) is 8.14. The molecule has 0 saturated carbocycles. The van der Waals surface area contributed by atoms with Gasteiger partial charge in [0.2, 0.25) is 0 Å². The van der Waals surface area contributed by atoms with Crippen molar-refractivity contribution in [1.82, 2.24) is 5.32 Å². The van der Waals surface area contributed by atoms with Crippen LogP contribution >= 0.6 is 15.9 Å². The summed E-state index contributed by atoms with van der Waals surface area (Å²) in [7, 11) is 1.58. The molecule has 1 unspecified atom stereocenters. The predicted molar refractivity (Wildman–Crippen MR) is 77.5 cm³/mol. The Morgan fingerprint density at radius 2 is 2.17 bits per heavy atom. The van der Waals surface area contributed by atoms with E-state index in [0.717, 1.165) is 18.2 Å². The van der Waals surface area contributed by atoms with Gasteiger partial charge in [-0.1, -0.05) is 41.4 Å². The number of hydrogen-bond donors (Lipinski definition) is 1. The number of amides is 1. The van der Waals surface area contributed by atoms with Crippen LogP contribution in [-0.4, -0.2) is 24.9 Å². The van der Waals surface area contributed by atoms with E-state index in [0.29, 0.717) is 23.8 Å². The fourth-order valence-electron chi connectivity index (χ4n) is 1.77. The molecule has 0 aromatic heterocycles. The van der Waals surface area contributed by atoms with E-state index in [-0.39, 0.29) is 5.91 Å². The van der Waals surface area contributed by atoms with Crippen LogP contribution in [0, 0.1) is 5.92 Å². The molecule has 1 N–H and O–H groups in total. The Labute approximate surface area is 117 Å². The first-order valence-electron chi connectivity index (χ1n) is 6.20. The number of hydrogen-bond acceptors (Lipinski definition) is 2. The third-order valence-electron chi connectivity index (χ3n) is 3.00. The molecule has 0 aliphatic rings. The van der Waals surface area contributed by atoms with Gasteiger partial charge in [0.25, 0.3) is 5.91 Å². The van der Waals surface area contributed by atoms with Crippen molar-refractivity contribution in [2.75, 3.05) is 19.0 Å². The molecule has 100 valence electrons. The molecule has 1 atom stereocenters. The molecule has 4 heteroatoms. The molecule has 1 amide bonds. The maximum atomic E-state index is 12.0. The second-order valence-corrected chi connectivity index (χ2v) is 4.96. The third-order valence-corrected chi connectivity index (χ3v) is 3.46. The van der Waals surface area contributed by atoms with Crippen LogP contribution in [0.5, 0.6) is 5.75 Å². The molecule has 1 aromatic rings. The molecule has 18 heavy (non-hydrogen) atoms. The maximum absolute atomic E-state index is 12.0. The standard InChI is InChI=1S/C14H20BrNO2/c1-3-11(8-9-15)10-16-14(17)12-6-4-5-7-13(12)18-2/h4-7,11H,3,8-10H2,1-2H3,(H,16,17). The highest BCUT2D eigenvalue weighted by molar-refractivity contribution is 9.09. The molecule has 1 rings (SSSR count). The van der Waals surface area contributed by atoms with E-state index in [2.05, 4.69) is 28.2 Å². The van der Waals surface area contributed by atoms with Crippen LogP contribution in [-0.2, 0) is 0 Å². The highest BCUT2D eigenvalue weighted by Gasteiger charge is 2.13. The van der Waals surface area contributed by atoms with Crippen molar-refractivity contribution >= 4 is 21.8 Å². The molecule has 1 aromatic carbocycles. The summed E-state index contributed by atoms with van der Waals surface area (Å²) in [5, 5.41) is 3.94. The number of alkyl halides is 1. The van der Waals surface area contributed by atoms with Crippen molar-refractivity contribution in [3.8, 4) is 5.75 Å². The van der Waals surface area contributed by atoms with Gasteiger partial charge in [-0.05, 0) is 24.5 Å². The Balaban J connectivity index is 2.59. The number of halogens is 1. The minimum Gasteiger partial charge on any atom is -0.496 e. The predicted octanol–water partition coefficient (Wildman–Crippen LogP) is 3.24. The topological polar surface area (TPSA) is 38.3 Å². The highest BCUT2D eigenvalue weighted by Crippen LogP contribution is 2.17. The van der Waals surface area contributed by atoms with Crippen LogP contribution in [0.3, 0.4) is 0 Å². The highest BCUT2D eigenvalue weighted by atomic mass is 79.9. The number of carbonyl (C=O) groups excluding carboxylic acids is 1. The van der Waals surface area contributed by atoms with Gasteiger partial charge >= 0.3 is 0 Å². The minimum atomic E-state index is -0.0690. The van der Waals surface area contributed by atoms with Gasteiger partial charge < -0.3 is 10.1 Å². The van der Waals surface area contributed by atoms with Gasteiger partial charge in [-0.25, -0.2) is 0 Å². The van der Waals surface area contributed by atoms with Gasteiger partial charge in [0.15, 0.2) is 0 Å². The average Bonchev–Trinajstić information content (AvgIpc) is 2.42. The number of ether oxygens (including phenoxy) is 1. The Bertz CT molecular complexity index is 382. The average molecular weight is 314 g/mol. The Kier molecular flexibility index (Phi) is 6.80. The molecular formula is C14H20BrNO2. The number of carbonyl (C=O) groups is 1. The summed E-state index contributed by atoms with van der Waals surface area (Å²) >= 11 is 3.43. The van der Waals surface area contributed by atoms with Gasteiger partial charge in [0.05, 0.1) is 12.7 Å². The zero-order valence-electron chi connectivity index (χ0n) is 10.9. The number of para-hydroxylation sites is 1. The Hall–Kier alpha value is -1.03. The summed E-state index contributed by atoms with van der Waals surface area (Å²) in [4.78, 5) is 12.0. The monoisotopic (exact) mass is 313 g/mol. The molecular weight excluding hydrogens is 294 g/mol. The maximum Gasteiger partial charge on any atom is 0.255 e. The molecule has 0 heterocycles. The van der Waals surface area contributed by atoms with E-state index < -0.39 is 0 Å². The van der Waals surface area contributed by atoms with Crippen molar-refractivity contribution in [2.24, 2.45) is 5.92 Å². The minimum absolute atomic E-state index is 0.0690. The van der Waals surface area contributed by atoms with Crippen molar-refractivity contribution in [2.45, 2.75) is 19.8 Å². The normalized spacial score (nSPS) is 11.9. The van der Waals surface area contributed by atoms with Crippen LogP contribution in [0.4, 0.5) is 0 Å². The zero-order valence-corrected chi connectivity index (χ0v) is 12.5. The molecule has 0 bridgehead atoms. The van der Waals surface area contributed by atoms with Gasteiger partial charge in [-0.2, -0.15) is 0 Å². The van der Waals surface area contributed by atoms with Gasteiger partial charge in [0.1, 0.15) is 5.75 Å². The van der Waals surface area contributed by atoms with Gasteiger partial charge in [0, 0.05) is 11.9 Å². The lowest BCUT2D eigenvalue weighted by molar-refractivity contribution is 0.0943. The molecule has 3 nitrogen and oxygen atoms in total. The van der Waals surface area contributed by atoms with Crippen LogP contribution in [0.15, 0.2) is 24.3 Å². The Morgan fingerprint density at radius 3 is 2.78 bits per heavy atom. The van der Waals surface area contributed by atoms with Crippen LogP contribution in [0.2, 0.25) is 0 Å². The first kappa shape index (κ1) is 15.0. The molecule has 0 saturated heterocycles. The van der Waals surface area contributed by atoms with E-state index in [9.17, 15) is 4.79 Å². The van der Waals surface area contributed by atoms with Crippen molar-refractivity contribution < 1.29 is 9.53 Å². The largest absolute Gasteiger partial charge is 0.496 e. The summed E-state index contributed by atoms with van der Waals surface area (Å²) in [6, 6.07) is 7.27. The quantitative estimate of drug-likeness (QED) is 0.785. The van der Waals surface area contributed by atoms with Crippen molar-refractivity contribution in [3.05, 3.63) is 29.8 Å². The summed E-state index contributed by atoms with van der Waals surface area (Å²) in [6.07, 6.45) is 2.14. The van der Waals surface area contributed by atoms with Crippen molar-refractivity contribution in [3.63, 3.8) is 0 Å². The SMILES string of the molecule is CCC(CCBr)CNC(=O)c1ccccc1OC. The number of benzene rings is 1. The smallest absolute Gasteiger partial charge is 0.255 e. The van der Waals surface area contributed by atoms with Crippen LogP contribution < -0.4 is 10.1 Å². The summed E-state index contributed by atoms with van der Waals surface area (Å²) in [6.45, 7) is 2.85. The summed E-state index contributed by atoms with van der Waals surface area (Å²) < 4.78 is 5.18. The van der Waals surface area contributed by atoms with E-state index in [1.807, 2.05) is 12.1 Å². The summed E-state index contributed by atoms with van der Waals surface area (Å²) in [5.41, 5.74) is 0.591. The zero-order chi connectivity index (χ0) is 13.4. The second-order valence-electron chi connectivity index (χ2n) is 4.16. The van der Waals surface area contributed by atoms with E-state index >= 15 is 0 Å². The first-order valence-corrected chi connectivity index (χ1v) is 7.32. The molecule has 0 radical (unpaired) electrons. The first-order chi connectivity index (χ1) is 8.72. The molecule has 0 spiro atoms. The van der Waals surface area contributed by atoms with Crippen molar-refractivity contribution in [1.29, 1.82) is 0 Å². The van der Waals surface area contributed by atoms with E-state index in [1.165, 1.54) is 0 Å². The molecule has 0 aliphatic heterocycles. The third kappa shape index (κ3) is 4.33. The van der Waals surface area contributed by atoms with Gasteiger partial charge in [-0.3, -0.25) is 4.79 Å². The van der Waals surface area contributed by atoms with E-state index in [4.69, 9.17) is 4.74 Å².